The van der Waals surface area contributed by atoms with Crippen LogP contribution in [-0.4, -0.2) is 30.2 Å². The van der Waals surface area contributed by atoms with Crippen molar-refractivity contribution in [2.45, 2.75) is 38.1 Å². The van der Waals surface area contributed by atoms with Crippen LogP contribution < -0.4 is 0 Å². The summed E-state index contributed by atoms with van der Waals surface area (Å²) >= 11 is 0. The molecule has 0 bridgehead atoms. The van der Waals surface area contributed by atoms with Gasteiger partial charge in [0, 0.05) is 18.5 Å². The maximum atomic E-state index is 11.4. The van der Waals surface area contributed by atoms with Gasteiger partial charge in [-0.3, -0.25) is 0 Å². The molecule has 2 atom stereocenters. The average molecular weight is 183 g/mol. The predicted octanol–water partition coefficient (Wildman–Crippen LogP) is 2.02. The van der Waals surface area contributed by atoms with E-state index in [9.17, 15) is 4.79 Å². The zero-order valence-electron chi connectivity index (χ0n) is 8.38. The third-order valence-electron chi connectivity index (χ3n) is 3.81. The van der Waals surface area contributed by atoms with E-state index in [-0.39, 0.29) is 11.6 Å². The van der Waals surface area contributed by atoms with E-state index in [1.807, 2.05) is 7.05 Å². The Balaban J connectivity index is 2.22. The molecule has 1 aliphatic carbocycles. The van der Waals surface area contributed by atoms with E-state index >= 15 is 0 Å². The quantitative estimate of drug-likeness (QED) is 0.575. The Morgan fingerprint density at radius 2 is 2.31 bits per heavy atom. The molecule has 2 aliphatic rings. The second-order valence-electron chi connectivity index (χ2n) is 4.44. The molecule has 1 saturated carbocycles. The minimum atomic E-state index is -0.152. The van der Waals surface area contributed by atoms with Crippen LogP contribution in [0.5, 0.6) is 0 Å². The first kappa shape index (κ1) is 8.85. The van der Waals surface area contributed by atoms with Gasteiger partial charge in [0.1, 0.15) is 0 Å². The number of rotatable bonds is 0. The molecule has 74 valence electrons. The van der Waals surface area contributed by atoms with Crippen molar-refractivity contribution < 1.29 is 9.53 Å². The first-order valence-corrected chi connectivity index (χ1v) is 5.05. The van der Waals surface area contributed by atoms with Gasteiger partial charge in [-0.2, -0.15) is 0 Å². The largest absolute Gasteiger partial charge is 0.449 e. The lowest BCUT2D eigenvalue weighted by molar-refractivity contribution is -0.0477. The molecule has 1 heterocycles. The molecular weight excluding hydrogens is 166 g/mol. The molecule has 0 aromatic carbocycles. The van der Waals surface area contributed by atoms with Crippen molar-refractivity contribution in [2.75, 3.05) is 13.7 Å². The number of hydrogen-bond donors (Lipinski definition) is 0. The summed E-state index contributed by atoms with van der Waals surface area (Å²) in [5.74, 6) is 0.545. The number of amides is 1. The van der Waals surface area contributed by atoms with Crippen molar-refractivity contribution in [2.24, 2.45) is 5.92 Å². The Morgan fingerprint density at radius 3 is 3.08 bits per heavy atom. The molecule has 13 heavy (non-hydrogen) atoms. The smallest absolute Gasteiger partial charge is 0.409 e. The van der Waals surface area contributed by atoms with Crippen LogP contribution in [0.25, 0.3) is 0 Å². The zero-order chi connectivity index (χ0) is 9.47. The second kappa shape index (κ2) is 2.89. The van der Waals surface area contributed by atoms with Crippen LogP contribution in [0.15, 0.2) is 0 Å². The van der Waals surface area contributed by atoms with E-state index in [0.717, 1.165) is 6.42 Å². The Morgan fingerprint density at radius 1 is 1.54 bits per heavy atom. The topological polar surface area (TPSA) is 29.5 Å². The fraction of sp³-hybridized carbons (Fsp3) is 0.900. The third-order valence-corrected chi connectivity index (χ3v) is 3.81. The molecule has 3 heteroatoms. The van der Waals surface area contributed by atoms with Gasteiger partial charge in [-0.15, -0.1) is 0 Å². The van der Waals surface area contributed by atoms with Crippen molar-refractivity contribution in [3.8, 4) is 0 Å². The van der Waals surface area contributed by atoms with E-state index in [0.29, 0.717) is 12.5 Å². The van der Waals surface area contributed by atoms with Crippen LogP contribution in [0.3, 0.4) is 0 Å². The number of fused-ring (bicyclic) bond motifs is 1. The SMILES string of the molecule is CN1C(=O)OCC2CCCCC21C. The highest BCUT2D eigenvalue weighted by molar-refractivity contribution is 5.69. The average Bonchev–Trinajstić information content (AvgIpc) is 2.13. The number of cyclic esters (lactones) is 1. The fourth-order valence-electron chi connectivity index (χ4n) is 2.57. The fourth-order valence-corrected chi connectivity index (χ4v) is 2.57. The van der Waals surface area contributed by atoms with Gasteiger partial charge < -0.3 is 9.64 Å². The highest BCUT2D eigenvalue weighted by atomic mass is 16.6. The van der Waals surface area contributed by atoms with Gasteiger partial charge in [0.25, 0.3) is 0 Å². The van der Waals surface area contributed by atoms with Crippen molar-refractivity contribution in [3.05, 3.63) is 0 Å². The van der Waals surface area contributed by atoms with E-state index < -0.39 is 0 Å². The van der Waals surface area contributed by atoms with Gasteiger partial charge >= 0.3 is 6.09 Å². The van der Waals surface area contributed by atoms with Gasteiger partial charge in [-0.05, 0) is 19.8 Å². The van der Waals surface area contributed by atoms with Crippen molar-refractivity contribution in [3.63, 3.8) is 0 Å². The highest BCUT2D eigenvalue weighted by Crippen LogP contribution is 2.40. The Hall–Kier alpha value is -0.730. The van der Waals surface area contributed by atoms with E-state index in [1.165, 1.54) is 19.3 Å². The van der Waals surface area contributed by atoms with E-state index in [1.54, 1.807) is 4.90 Å². The Labute approximate surface area is 79.0 Å². The maximum absolute atomic E-state index is 11.4. The number of ether oxygens (including phenoxy) is 1. The number of carbonyl (C=O) groups is 1. The number of hydrogen-bond acceptors (Lipinski definition) is 2. The summed E-state index contributed by atoms with van der Waals surface area (Å²) in [4.78, 5) is 13.1. The monoisotopic (exact) mass is 183 g/mol. The summed E-state index contributed by atoms with van der Waals surface area (Å²) in [6.45, 7) is 2.82. The van der Waals surface area contributed by atoms with Gasteiger partial charge in [-0.25, -0.2) is 4.79 Å². The summed E-state index contributed by atoms with van der Waals surface area (Å²) in [6, 6.07) is 0. The molecule has 1 amide bonds. The molecule has 0 N–H and O–H groups in total. The van der Waals surface area contributed by atoms with Crippen LogP contribution >= 0.6 is 0 Å². The summed E-state index contributed by atoms with van der Waals surface area (Å²) in [5, 5.41) is 0. The summed E-state index contributed by atoms with van der Waals surface area (Å²) in [7, 11) is 1.86. The molecule has 0 spiro atoms. The Bertz CT molecular complexity index is 229. The molecule has 0 radical (unpaired) electrons. The maximum Gasteiger partial charge on any atom is 0.409 e. The standard InChI is InChI=1S/C10H17NO2/c1-10-6-4-3-5-8(10)7-13-9(12)11(10)2/h8H,3-7H2,1-2H3. The van der Waals surface area contributed by atoms with E-state index in [2.05, 4.69) is 6.92 Å². The summed E-state index contributed by atoms with van der Waals surface area (Å²) in [6.07, 6.45) is 4.70. The molecule has 1 aliphatic heterocycles. The molecule has 0 aromatic rings. The molecule has 1 saturated heterocycles. The van der Waals surface area contributed by atoms with Crippen LogP contribution in [-0.2, 0) is 4.74 Å². The first-order chi connectivity index (χ1) is 6.14. The first-order valence-electron chi connectivity index (χ1n) is 5.05. The second-order valence-corrected chi connectivity index (χ2v) is 4.44. The van der Waals surface area contributed by atoms with Gasteiger partial charge in [0.05, 0.1) is 6.61 Å². The molecule has 0 aromatic heterocycles. The summed E-state index contributed by atoms with van der Waals surface area (Å²) < 4.78 is 5.11. The minimum Gasteiger partial charge on any atom is -0.449 e. The minimum absolute atomic E-state index is 0.0631. The molecular formula is C10H17NO2. The highest BCUT2D eigenvalue weighted by Gasteiger charge is 2.46. The van der Waals surface area contributed by atoms with Crippen LogP contribution in [0.4, 0.5) is 4.79 Å². The molecule has 2 unspecified atom stereocenters. The zero-order valence-corrected chi connectivity index (χ0v) is 8.38. The van der Waals surface area contributed by atoms with Crippen molar-refractivity contribution in [1.82, 2.24) is 4.90 Å². The third kappa shape index (κ3) is 1.21. The summed E-state index contributed by atoms with van der Waals surface area (Å²) in [5.41, 5.74) is 0.0631. The number of carbonyl (C=O) groups excluding carboxylic acids is 1. The van der Waals surface area contributed by atoms with Crippen LogP contribution in [0.1, 0.15) is 32.6 Å². The molecule has 2 fully saturated rings. The normalized spacial score (nSPS) is 39.7. The lowest BCUT2D eigenvalue weighted by Crippen LogP contribution is -2.59. The van der Waals surface area contributed by atoms with Crippen LogP contribution in [0, 0.1) is 5.92 Å². The van der Waals surface area contributed by atoms with Gasteiger partial charge in [0.2, 0.25) is 0 Å². The lowest BCUT2D eigenvalue weighted by atomic mass is 9.73. The van der Waals surface area contributed by atoms with Crippen molar-refractivity contribution in [1.29, 1.82) is 0 Å². The van der Waals surface area contributed by atoms with Gasteiger partial charge in [-0.1, -0.05) is 12.8 Å². The van der Waals surface area contributed by atoms with Gasteiger partial charge in [0.15, 0.2) is 0 Å². The lowest BCUT2D eigenvalue weighted by Gasteiger charge is -2.50. The number of nitrogens with zero attached hydrogens (tertiary/aromatic N) is 1. The van der Waals surface area contributed by atoms with Crippen molar-refractivity contribution >= 4 is 6.09 Å². The predicted molar refractivity (Wildman–Crippen MR) is 49.5 cm³/mol. The molecule has 2 rings (SSSR count). The Kier molecular flexibility index (Phi) is 1.97. The van der Waals surface area contributed by atoms with Crippen LogP contribution in [0.2, 0.25) is 0 Å². The molecule has 3 nitrogen and oxygen atoms in total. The van der Waals surface area contributed by atoms with E-state index in [4.69, 9.17) is 4.74 Å².